The molecule has 3 aromatic rings. The summed E-state index contributed by atoms with van der Waals surface area (Å²) in [6.45, 7) is 0. The Morgan fingerprint density at radius 1 is 0.778 bits per heavy atom. The van der Waals surface area contributed by atoms with Gasteiger partial charge >= 0.3 is 5.97 Å². The number of para-hydroxylation sites is 1. The minimum absolute atomic E-state index is 0.465. The maximum atomic E-state index is 12.1. The van der Waals surface area contributed by atoms with Crippen LogP contribution < -0.4 is 14.2 Å². The summed E-state index contributed by atoms with van der Waals surface area (Å²) in [4.78, 5) is 12.1. The highest BCUT2D eigenvalue weighted by Gasteiger charge is 2.08. The van der Waals surface area contributed by atoms with Crippen molar-refractivity contribution in [1.82, 2.24) is 0 Å². The van der Waals surface area contributed by atoms with Gasteiger partial charge in [0.2, 0.25) is 0 Å². The van der Waals surface area contributed by atoms with Gasteiger partial charge < -0.3 is 14.2 Å². The Morgan fingerprint density at radius 2 is 1.48 bits per heavy atom. The second kappa shape index (κ2) is 8.72. The summed E-state index contributed by atoms with van der Waals surface area (Å²) in [6, 6.07) is 22.9. The van der Waals surface area contributed by atoms with Crippen molar-refractivity contribution in [3.63, 3.8) is 0 Å². The number of carbonyl (C=O) groups excluding carboxylic acids is 1. The first-order chi connectivity index (χ1) is 13.2. The molecule has 0 spiro atoms. The van der Waals surface area contributed by atoms with E-state index in [0.717, 1.165) is 16.7 Å². The van der Waals surface area contributed by atoms with Crippen molar-refractivity contribution in [3.05, 3.63) is 84.4 Å². The summed E-state index contributed by atoms with van der Waals surface area (Å²) < 4.78 is 16.0. The normalized spacial score (nSPS) is 10.6. The molecule has 0 unspecified atom stereocenters. The van der Waals surface area contributed by atoms with Crippen LogP contribution in [0.2, 0.25) is 0 Å². The number of benzene rings is 3. The lowest BCUT2D eigenvalue weighted by molar-refractivity contribution is -0.128. The van der Waals surface area contributed by atoms with Gasteiger partial charge in [-0.25, -0.2) is 4.79 Å². The third-order valence-electron chi connectivity index (χ3n) is 4.01. The lowest BCUT2D eigenvalue weighted by Crippen LogP contribution is -2.03. The van der Waals surface area contributed by atoms with Crippen LogP contribution in [0, 0.1) is 0 Å². The molecule has 0 aliphatic rings. The number of rotatable bonds is 6. The first-order valence-corrected chi connectivity index (χ1v) is 8.47. The molecule has 0 aromatic heterocycles. The fourth-order valence-electron chi connectivity index (χ4n) is 2.70. The summed E-state index contributed by atoms with van der Waals surface area (Å²) >= 11 is 0. The van der Waals surface area contributed by atoms with E-state index >= 15 is 0 Å². The lowest BCUT2D eigenvalue weighted by Gasteiger charge is -2.09. The standard InChI is InChI=1S/C23H20O4/c1-25-21-10-6-9-19(23(21)26-2)13-16-22(24)27-20-14-11-18(12-15-20)17-7-4-3-5-8-17/h3-16H,1-2H3/b16-13+. The molecular formula is C23H20O4. The summed E-state index contributed by atoms with van der Waals surface area (Å²) in [5.41, 5.74) is 2.90. The molecule has 0 N–H and O–H groups in total. The highest BCUT2D eigenvalue weighted by molar-refractivity contribution is 5.89. The van der Waals surface area contributed by atoms with Crippen LogP contribution in [0.1, 0.15) is 5.56 Å². The van der Waals surface area contributed by atoms with Crippen molar-refractivity contribution in [2.24, 2.45) is 0 Å². The molecule has 0 bridgehead atoms. The molecule has 0 fully saturated rings. The molecule has 0 amide bonds. The first kappa shape index (κ1) is 18.3. The summed E-state index contributed by atoms with van der Waals surface area (Å²) in [7, 11) is 3.13. The van der Waals surface area contributed by atoms with Gasteiger partial charge in [0.25, 0.3) is 0 Å². The third-order valence-corrected chi connectivity index (χ3v) is 4.01. The Labute approximate surface area is 158 Å². The minimum atomic E-state index is -0.465. The molecule has 0 saturated carbocycles. The SMILES string of the molecule is COc1cccc(/C=C/C(=O)Oc2ccc(-c3ccccc3)cc2)c1OC. The highest BCUT2D eigenvalue weighted by atomic mass is 16.5. The Bertz CT molecular complexity index is 928. The van der Waals surface area contributed by atoms with Crippen LogP contribution in [0.5, 0.6) is 17.2 Å². The zero-order valence-corrected chi connectivity index (χ0v) is 15.2. The number of ether oxygens (including phenoxy) is 3. The van der Waals surface area contributed by atoms with Crippen molar-refractivity contribution in [2.45, 2.75) is 0 Å². The van der Waals surface area contributed by atoms with Gasteiger partial charge in [0.15, 0.2) is 11.5 Å². The topological polar surface area (TPSA) is 44.8 Å². The monoisotopic (exact) mass is 360 g/mol. The average molecular weight is 360 g/mol. The summed E-state index contributed by atoms with van der Waals surface area (Å²) in [5.74, 6) is 1.19. The van der Waals surface area contributed by atoms with E-state index in [1.54, 1.807) is 38.5 Å². The van der Waals surface area contributed by atoms with E-state index in [1.165, 1.54) is 6.08 Å². The van der Waals surface area contributed by atoms with E-state index in [-0.39, 0.29) is 0 Å². The molecule has 136 valence electrons. The van der Waals surface area contributed by atoms with Crippen LogP contribution in [0.15, 0.2) is 78.9 Å². The number of esters is 1. The smallest absolute Gasteiger partial charge is 0.336 e. The fourth-order valence-corrected chi connectivity index (χ4v) is 2.70. The molecule has 3 rings (SSSR count). The van der Waals surface area contributed by atoms with Crippen LogP contribution in [0.3, 0.4) is 0 Å². The predicted octanol–water partition coefficient (Wildman–Crippen LogP) is 4.99. The summed E-state index contributed by atoms with van der Waals surface area (Å²) in [5, 5.41) is 0. The van der Waals surface area contributed by atoms with Gasteiger partial charge in [0.05, 0.1) is 14.2 Å². The van der Waals surface area contributed by atoms with E-state index in [0.29, 0.717) is 17.2 Å². The first-order valence-electron chi connectivity index (χ1n) is 8.47. The van der Waals surface area contributed by atoms with Crippen molar-refractivity contribution >= 4 is 12.0 Å². The van der Waals surface area contributed by atoms with Crippen molar-refractivity contribution in [3.8, 4) is 28.4 Å². The minimum Gasteiger partial charge on any atom is -0.493 e. The van der Waals surface area contributed by atoms with E-state index in [4.69, 9.17) is 14.2 Å². The van der Waals surface area contributed by atoms with Crippen LogP contribution >= 0.6 is 0 Å². The molecule has 27 heavy (non-hydrogen) atoms. The number of carbonyl (C=O) groups is 1. The maximum absolute atomic E-state index is 12.1. The van der Waals surface area contributed by atoms with Crippen LogP contribution in [0.25, 0.3) is 17.2 Å². The van der Waals surface area contributed by atoms with Crippen LogP contribution in [-0.2, 0) is 4.79 Å². The molecule has 0 aliphatic carbocycles. The molecule has 0 saturated heterocycles. The molecular weight excluding hydrogens is 340 g/mol. The summed E-state index contributed by atoms with van der Waals surface area (Å²) in [6.07, 6.45) is 3.00. The molecule has 0 radical (unpaired) electrons. The molecule has 4 nitrogen and oxygen atoms in total. The van der Waals surface area contributed by atoms with E-state index in [2.05, 4.69) is 0 Å². The lowest BCUT2D eigenvalue weighted by atomic mass is 10.1. The second-order valence-electron chi connectivity index (χ2n) is 5.73. The number of hydrogen-bond acceptors (Lipinski definition) is 4. The fraction of sp³-hybridized carbons (Fsp3) is 0.0870. The Hall–Kier alpha value is -3.53. The van der Waals surface area contributed by atoms with Gasteiger partial charge in [-0.3, -0.25) is 0 Å². The molecule has 0 aliphatic heterocycles. The van der Waals surface area contributed by atoms with E-state index in [9.17, 15) is 4.79 Å². The van der Waals surface area contributed by atoms with Gasteiger partial charge in [-0.15, -0.1) is 0 Å². The highest BCUT2D eigenvalue weighted by Crippen LogP contribution is 2.31. The molecule has 4 heteroatoms. The quantitative estimate of drug-likeness (QED) is 0.353. The molecule has 0 atom stereocenters. The zero-order chi connectivity index (χ0) is 19.1. The van der Waals surface area contributed by atoms with Crippen molar-refractivity contribution in [1.29, 1.82) is 0 Å². The molecule has 0 heterocycles. The average Bonchev–Trinajstić information content (AvgIpc) is 2.73. The third kappa shape index (κ3) is 4.55. The van der Waals surface area contributed by atoms with Gasteiger partial charge in [-0.2, -0.15) is 0 Å². The van der Waals surface area contributed by atoms with Crippen molar-refractivity contribution < 1.29 is 19.0 Å². The second-order valence-corrected chi connectivity index (χ2v) is 5.73. The zero-order valence-electron chi connectivity index (χ0n) is 15.2. The number of methoxy groups -OCH3 is 2. The maximum Gasteiger partial charge on any atom is 0.336 e. The van der Waals surface area contributed by atoms with Crippen molar-refractivity contribution in [2.75, 3.05) is 14.2 Å². The van der Waals surface area contributed by atoms with Gasteiger partial charge in [0.1, 0.15) is 5.75 Å². The van der Waals surface area contributed by atoms with E-state index < -0.39 is 5.97 Å². The predicted molar refractivity (Wildman–Crippen MR) is 106 cm³/mol. The van der Waals surface area contributed by atoms with Crippen LogP contribution in [-0.4, -0.2) is 20.2 Å². The number of hydrogen-bond donors (Lipinski definition) is 0. The van der Waals surface area contributed by atoms with Gasteiger partial charge in [0, 0.05) is 11.6 Å². The van der Waals surface area contributed by atoms with Gasteiger partial charge in [-0.05, 0) is 35.4 Å². The molecule has 3 aromatic carbocycles. The largest absolute Gasteiger partial charge is 0.493 e. The Balaban J connectivity index is 1.68. The van der Waals surface area contributed by atoms with Crippen LogP contribution in [0.4, 0.5) is 0 Å². The van der Waals surface area contributed by atoms with Gasteiger partial charge in [-0.1, -0.05) is 54.6 Å². The van der Waals surface area contributed by atoms with E-state index in [1.807, 2.05) is 54.6 Å². The Morgan fingerprint density at radius 3 is 2.15 bits per heavy atom. The Kier molecular flexibility index (Phi) is 5.90.